The summed E-state index contributed by atoms with van der Waals surface area (Å²) >= 11 is 0. The largest absolute Gasteiger partial charge is 0.493 e. The molecule has 2 heterocycles. The number of nitrogens with zero attached hydrogens (tertiary/aromatic N) is 3. The van der Waals surface area contributed by atoms with Crippen molar-refractivity contribution in [2.75, 3.05) is 13.2 Å². The molecule has 1 aromatic heterocycles. The second kappa shape index (κ2) is 9.04. The van der Waals surface area contributed by atoms with Gasteiger partial charge in [0.05, 0.1) is 18.1 Å². The number of ether oxygens (including phenoxy) is 1. The Hall–Kier alpha value is -3.19. The zero-order chi connectivity index (χ0) is 25.7. The number of amides is 1. The Labute approximate surface area is 212 Å². The van der Waals surface area contributed by atoms with Gasteiger partial charge in [0.2, 0.25) is 5.88 Å². The third-order valence-corrected chi connectivity index (χ3v) is 8.12. The molecule has 36 heavy (non-hydrogen) atoms. The lowest BCUT2D eigenvalue weighted by atomic mass is 9.65. The molecule has 0 spiro atoms. The van der Waals surface area contributed by atoms with Crippen LogP contribution in [0.5, 0.6) is 11.6 Å². The van der Waals surface area contributed by atoms with E-state index in [0.29, 0.717) is 35.0 Å². The summed E-state index contributed by atoms with van der Waals surface area (Å²) in [6.45, 7) is 12.7. The van der Waals surface area contributed by atoms with Crippen LogP contribution < -0.4 is 9.64 Å². The van der Waals surface area contributed by atoms with Crippen molar-refractivity contribution in [3.8, 4) is 11.6 Å². The lowest BCUT2D eigenvalue weighted by molar-refractivity contribution is -0.936. The molecule has 2 N–H and O–H groups in total. The summed E-state index contributed by atoms with van der Waals surface area (Å²) in [6, 6.07) is 14.1. The number of fused-ring (bicyclic) bond motifs is 3. The van der Waals surface area contributed by atoms with Crippen LogP contribution in [-0.4, -0.2) is 34.8 Å². The quantitative estimate of drug-likeness (QED) is 0.473. The number of carbonyl (C=O) groups is 1. The number of benzene rings is 2. The van der Waals surface area contributed by atoms with Gasteiger partial charge >= 0.3 is 5.91 Å². The van der Waals surface area contributed by atoms with Gasteiger partial charge in [-0.05, 0) is 48.9 Å². The maximum Gasteiger partial charge on any atom is 0.302 e. The molecule has 2 bridgehead atoms. The molecule has 0 radical (unpaired) electrons. The molecule has 7 nitrogen and oxygen atoms in total. The van der Waals surface area contributed by atoms with Crippen LogP contribution in [0, 0.1) is 24.7 Å². The van der Waals surface area contributed by atoms with Crippen molar-refractivity contribution in [1.29, 1.82) is 0 Å². The van der Waals surface area contributed by atoms with Crippen LogP contribution in [0.2, 0.25) is 0 Å². The minimum absolute atomic E-state index is 0.0570. The molecule has 1 saturated heterocycles. The van der Waals surface area contributed by atoms with Gasteiger partial charge in [-0.3, -0.25) is 9.36 Å². The van der Waals surface area contributed by atoms with Crippen LogP contribution in [0.4, 0.5) is 5.69 Å². The summed E-state index contributed by atoms with van der Waals surface area (Å²) in [7, 11) is 0. The number of aryl methyl sites for hydroxylation is 1. The summed E-state index contributed by atoms with van der Waals surface area (Å²) in [5, 5.41) is 20.1. The number of para-hydroxylation sites is 1. The van der Waals surface area contributed by atoms with Gasteiger partial charge in [0.15, 0.2) is 19.0 Å². The van der Waals surface area contributed by atoms with Gasteiger partial charge in [0.25, 0.3) is 0 Å². The highest BCUT2D eigenvalue weighted by molar-refractivity contribution is 5.95. The zero-order valence-corrected chi connectivity index (χ0v) is 22.0. The van der Waals surface area contributed by atoms with Gasteiger partial charge in [0, 0.05) is 23.6 Å². The smallest absolute Gasteiger partial charge is 0.302 e. The third kappa shape index (κ3) is 4.64. The summed E-state index contributed by atoms with van der Waals surface area (Å²) in [6.07, 6.45) is 3.66. The second-order valence-corrected chi connectivity index (χ2v) is 11.9. The Morgan fingerprint density at radius 3 is 2.72 bits per heavy atom. The van der Waals surface area contributed by atoms with Crippen LogP contribution in [-0.2, 0) is 11.5 Å². The fourth-order valence-electron chi connectivity index (χ4n) is 6.82. The number of carbonyl (C=O) groups excluding carboxylic acids is 1. The summed E-state index contributed by atoms with van der Waals surface area (Å²) in [4.78, 5) is 14.0. The second-order valence-electron chi connectivity index (χ2n) is 11.9. The van der Waals surface area contributed by atoms with E-state index < -0.39 is 5.91 Å². The van der Waals surface area contributed by atoms with E-state index in [2.05, 4.69) is 31.0 Å². The average Bonchev–Trinajstić information content (AvgIpc) is 3.21. The Morgan fingerprint density at radius 2 is 1.92 bits per heavy atom. The molecule has 7 heteroatoms. The van der Waals surface area contributed by atoms with Crippen molar-refractivity contribution in [1.82, 2.24) is 4.57 Å². The van der Waals surface area contributed by atoms with E-state index in [1.165, 1.54) is 24.2 Å². The average molecular weight is 490 g/mol. The zero-order valence-electron chi connectivity index (χ0n) is 22.0. The van der Waals surface area contributed by atoms with Crippen LogP contribution in [0.15, 0.2) is 52.7 Å². The predicted molar refractivity (Wildman–Crippen MR) is 140 cm³/mol. The van der Waals surface area contributed by atoms with E-state index >= 15 is 0 Å². The lowest BCUT2D eigenvalue weighted by Gasteiger charge is -2.37. The van der Waals surface area contributed by atoms with Crippen molar-refractivity contribution in [3.05, 3.63) is 53.6 Å². The monoisotopic (exact) mass is 489 g/mol. The normalized spacial score (nSPS) is 25.0. The number of aromatic nitrogens is 1. The Kier molecular flexibility index (Phi) is 6.15. The van der Waals surface area contributed by atoms with Crippen molar-refractivity contribution in [2.45, 2.75) is 66.6 Å². The first-order valence-electron chi connectivity index (χ1n) is 12.8. The SMILES string of the molecule is Cc1cccc(OCC(=O)N=Nc2c(O)n(C[NH+]3C[C@]4(C)C[C@H]3CC(C)(C)C4)c3ccccc23)c1C. The van der Waals surface area contributed by atoms with Gasteiger partial charge in [-0.1, -0.05) is 51.1 Å². The summed E-state index contributed by atoms with van der Waals surface area (Å²) < 4.78 is 7.61. The van der Waals surface area contributed by atoms with E-state index in [-0.39, 0.29) is 12.5 Å². The molecule has 5 rings (SSSR count). The van der Waals surface area contributed by atoms with Crippen molar-refractivity contribution in [2.24, 2.45) is 21.1 Å². The van der Waals surface area contributed by atoms with Gasteiger partial charge < -0.3 is 14.7 Å². The van der Waals surface area contributed by atoms with Gasteiger partial charge in [-0.2, -0.15) is 0 Å². The van der Waals surface area contributed by atoms with Crippen molar-refractivity contribution < 1.29 is 19.5 Å². The summed E-state index contributed by atoms with van der Waals surface area (Å²) in [5.41, 5.74) is 4.01. The maximum absolute atomic E-state index is 12.5. The standard InChI is InChI=1S/C29H36N4O3/c1-19-9-8-12-24(20(19)2)36-15-25(34)30-31-26-22-10-6-7-11-23(22)33(27(26)35)18-32-17-29(5)14-21(32)13-28(3,4)16-29/h6-12,21,35H,13-18H2,1-5H3/p+1/t21-,29-/m1/s1. The van der Waals surface area contributed by atoms with Gasteiger partial charge in [-0.15, -0.1) is 10.2 Å². The molecule has 2 aliphatic rings. The molecule has 190 valence electrons. The number of hydrogen-bond donors (Lipinski definition) is 2. The Balaban J connectivity index is 1.36. The van der Waals surface area contributed by atoms with Crippen LogP contribution in [0.25, 0.3) is 10.9 Å². The van der Waals surface area contributed by atoms with Crippen LogP contribution in [0.3, 0.4) is 0 Å². The fraction of sp³-hybridized carbons (Fsp3) is 0.483. The molecule has 3 atom stereocenters. The van der Waals surface area contributed by atoms with Gasteiger partial charge in [0.1, 0.15) is 5.75 Å². The van der Waals surface area contributed by atoms with Gasteiger partial charge in [-0.25, -0.2) is 0 Å². The van der Waals surface area contributed by atoms with E-state index in [9.17, 15) is 9.90 Å². The van der Waals surface area contributed by atoms with Crippen LogP contribution in [0.1, 0.15) is 51.2 Å². The van der Waals surface area contributed by atoms with E-state index in [4.69, 9.17) is 4.74 Å². The van der Waals surface area contributed by atoms with Crippen LogP contribution >= 0.6 is 0 Å². The van der Waals surface area contributed by atoms with E-state index in [1.54, 1.807) is 0 Å². The number of hydrogen-bond acceptors (Lipinski definition) is 4. The molecule has 3 aromatic rings. The summed E-state index contributed by atoms with van der Waals surface area (Å²) in [5.74, 6) is 0.219. The van der Waals surface area contributed by atoms with Crippen molar-refractivity contribution >= 4 is 22.5 Å². The third-order valence-electron chi connectivity index (χ3n) is 8.12. The molecule has 1 aliphatic heterocycles. The molecule has 1 unspecified atom stereocenters. The number of likely N-dealkylation sites (tertiary alicyclic amines) is 1. The number of aromatic hydroxyl groups is 1. The molecular formula is C29H37N4O3+. The highest BCUT2D eigenvalue weighted by atomic mass is 16.5. The molecule has 1 saturated carbocycles. The van der Waals surface area contributed by atoms with E-state index in [0.717, 1.165) is 28.6 Å². The minimum atomic E-state index is -0.499. The molecule has 2 aromatic carbocycles. The number of rotatable bonds is 6. The van der Waals surface area contributed by atoms with E-state index in [1.807, 2.05) is 60.9 Å². The maximum atomic E-state index is 12.5. The molecular weight excluding hydrogens is 452 g/mol. The molecule has 1 aliphatic carbocycles. The number of azo groups is 1. The Morgan fingerprint density at radius 1 is 1.14 bits per heavy atom. The first-order valence-corrected chi connectivity index (χ1v) is 12.8. The Bertz CT molecular complexity index is 1340. The molecule has 2 fully saturated rings. The topological polar surface area (TPSA) is 80.6 Å². The first kappa shape index (κ1) is 24.5. The molecule has 1 amide bonds. The number of nitrogens with one attached hydrogen (secondary N) is 1. The predicted octanol–water partition coefficient (Wildman–Crippen LogP) is 5.09. The lowest BCUT2D eigenvalue weighted by Crippen LogP contribution is -3.13. The highest BCUT2D eigenvalue weighted by Gasteiger charge is 2.52. The fourth-order valence-corrected chi connectivity index (χ4v) is 6.82. The number of quaternary nitrogens is 1. The van der Waals surface area contributed by atoms with Crippen molar-refractivity contribution in [3.63, 3.8) is 0 Å². The highest BCUT2D eigenvalue weighted by Crippen LogP contribution is 2.47. The minimum Gasteiger partial charge on any atom is -0.493 e. The first-order chi connectivity index (χ1) is 17.1.